The van der Waals surface area contributed by atoms with Gasteiger partial charge in [-0.05, 0) is 18.2 Å². The second-order valence-corrected chi connectivity index (χ2v) is 6.10. The van der Waals surface area contributed by atoms with Gasteiger partial charge >= 0.3 is 12.1 Å². The Balaban J connectivity index is 2.26. The number of rotatable bonds is 6. The van der Waals surface area contributed by atoms with Gasteiger partial charge in [0.05, 0.1) is 22.0 Å². The van der Waals surface area contributed by atoms with Crippen LogP contribution in [0, 0.1) is 11.3 Å². The van der Waals surface area contributed by atoms with E-state index in [-0.39, 0.29) is 40.1 Å². The largest absolute Gasteiger partial charge is 0.477 e. The monoisotopic (exact) mass is 430 g/mol. The Kier molecular flexibility index (Phi) is 6.83. The normalized spacial score (nSPS) is 12.1. The van der Waals surface area contributed by atoms with E-state index in [0.717, 1.165) is 6.07 Å². The van der Waals surface area contributed by atoms with Crippen molar-refractivity contribution in [3.63, 3.8) is 0 Å². The first-order chi connectivity index (χ1) is 13.1. The lowest BCUT2D eigenvalue weighted by Crippen LogP contribution is -2.21. The number of pyridine rings is 2. The van der Waals surface area contributed by atoms with E-state index < -0.39 is 23.3 Å². The fourth-order valence-electron chi connectivity index (χ4n) is 2.21. The summed E-state index contributed by atoms with van der Waals surface area (Å²) in [5.41, 5.74) is -1.28. The first-order valence-electron chi connectivity index (χ1n) is 7.59. The van der Waals surface area contributed by atoms with Crippen molar-refractivity contribution in [3.05, 3.63) is 63.2 Å². The molecule has 0 saturated heterocycles. The minimum absolute atomic E-state index is 0.0234. The molecule has 0 amide bonds. The summed E-state index contributed by atoms with van der Waals surface area (Å²) in [4.78, 5) is 18.9. The van der Waals surface area contributed by atoms with Crippen molar-refractivity contribution < 1.29 is 23.1 Å². The van der Waals surface area contributed by atoms with Gasteiger partial charge in [-0.25, -0.2) is 9.78 Å². The highest BCUT2D eigenvalue weighted by Crippen LogP contribution is 2.31. The molecule has 0 unspecified atom stereocenters. The lowest BCUT2D eigenvalue weighted by molar-refractivity contribution is -0.138. The number of nitriles is 1. The Morgan fingerprint density at radius 2 is 2.04 bits per heavy atom. The van der Waals surface area contributed by atoms with Crippen LogP contribution in [0.25, 0.3) is 5.70 Å². The van der Waals surface area contributed by atoms with Crippen molar-refractivity contribution in [1.82, 2.24) is 15.3 Å². The van der Waals surface area contributed by atoms with E-state index in [1.54, 1.807) is 6.07 Å². The van der Waals surface area contributed by atoms with Gasteiger partial charge in [-0.2, -0.15) is 18.4 Å². The summed E-state index contributed by atoms with van der Waals surface area (Å²) in [7, 11) is 0. The molecular formula is C17H11Cl2F3N4O2. The van der Waals surface area contributed by atoms with Crippen LogP contribution in [0.1, 0.15) is 16.8 Å². The number of nitrogens with one attached hydrogen (secondary N) is 1. The second-order valence-electron chi connectivity index (χ2n) is 5.34. The summed E-state index contributed by atoms with van der Waals surface area (Å²) in [6.07, 6.45) is -2.45. The number of carboxylic acid groups (broad SMARTS) is 1. The molecule has 2 aromatic rings. The predicted molar refractivity (Wildman–Crippen MR) is 95.4 cm³/mol. The van der Waals surface area contributed by atoms with Crippen LogP contribution in [0.3, 0.4) is 0 Å². The molecule has 0 spiro atoms. The molecule has 0 bridgehead atoms. The Labute approximate surface area is 167 Å². The van der Waals surface area contributed by atoms with Gasteiger partial charge in [0.25, 0.3) is 0 Å². The number of nitrogens with zero attached hydrogens (tertiary/aromatic N) is 3. The smallest absolute Gasteiger partial charge is 0.417 e. The number of alkyl halides is 3. The third-order valence-corrected chi connectivity index (χ3v) is 4.14. The number of hydrogen-bond donors (Lipinski definition) is 2. The zero-order chi connectivity index (χ0) is 20.9. The lowest BCUT2D eigenvalue weighted by Gasteiger charge is -2.14. The highest BCUT2D eigenvalue weighted by Gasteiger charge is 2.31. The molecule has 0 atom stereocenters. The lowest BCUT2D eigenvalue weighted by atomic mass is 10.1. The molecule has 2 rings (SSSR count). The topological polar surface area (TPSA) is 98.9 Å². The number of carbonyl (C=O) groups is 1. The van der Waals surface area contributed by atoms with E-state index in [1.807, 2.05) is 0 Å². The maximum absolute atomic E-state index is 12.7. The van der Waals surface area contributed by atoms with E-state index in [1.165, 1.54) is 18.3 Å². The summed E-state index contributed by atoms with van der Waals surface area (Å²) in [6, 6.07) is 5.32. The van der Waals surface area contributed by atoms with Crippen molar-refractivity contribution in [3.8, 4) is 6.07 Å². The zero-order valence-corrected chi connectivity index (χ0v) is 15.4. The standard InChI is InChI=1S/C17H11Cl2F3N4O2/c18-12-6-9(17(20,21)22)8-26-13(12)3-5-24-14(11(7-23)16(27)28)10-2-1-4-25-15(10)19/h1-2,4,6,8,24H,3,5H2,(H,27,28). The average Bonchev–Trinajstić information content (AvgIpc) is 2.61. The van der Waals surface area contributed by atoms with Crippen molar-refractivity contribution >= 4 is 34.9 Å². The van der Waals surface area contributed by atoms with Crippen molar-refractivity contribution in [2.75, 3.05) is 6.54 Å². The molecule has 0 aromatic carbocycles. The first kappa shape index (κ1) is 21.5. The second kappa shape index (κ2) is 8.91. The van der Waals surface area contributed by atoms with E-state index >= 15 is 0 Å². The minimum Gasteiger partial charge on any atom is -0.477 e. The zero-order valence-electron chi connectivity index (χ0n) is 13.9. The molecule has 28 heavy (non-hydrogen) atoms. The van der Waals surface area contributed by atoms with Crippen molar-refractivity contribution in [1.29, 1.82) is 5.26 Å². The number of carboxylic acids is 1. The van der Waals surface area contributed by atoms with Crippen LogP contribution in [-0.2, 0) is 17.4 Å². The summed E-state index contributed by atoms with van der Waals surface area (Å²) in [5, 5.41) is 21.0. The fourth-order valence-corrected chi connectivity index (χ4v) is 2.69. The molecule has 11 heteroatoms. The van der Waals surface area contributed by atoms with Crippen LogP contribution < -0.4 is 5.32 Å². The van der Waals surface area contributed by atoms with Crippen LogP contribution >= 0.6 is 23.2 Å². The number of halogens is 5. The average molecular weight is 431 g/mol. The van der Waals surface area contributed by atoms with Crippen LogP contribution in [-0.4, -0.2) is 27.6 Å². The fraction of sp³-hybridized carbons (Fsp3) is 0.176. The van der Waals surface area contributed by atoms with Gasteiger partial charge in [0, 0.05) is 30.9 Å². The van der Waals surface area contributed by atoms with Crippen LogP contribution in [0.2, 0.25) is 10.2 Å². The summed E-state index contributed by atoms with van der Waals surface area (Å²) in [5.74, 6) is -1.48. The van der Waals surface area contributed by atoms with Crippen LogP contribution in [0.5, 0.6) is 0 Å². The maximum Gasteiger partial charge on any atom is 0.417 e. The minimum atomic E-state index is -4.57. The number of aliphatic carboxylic acids is 1. The van der Waals surface area contributed by atoms with Gasteiger partial charge in [0.1, 0.15) is 11.2 Å². The van der Waals surface area contributed by atoms with E-state index in [4.69, 9.17) is 28.5 Å². The van der Waals surface area contributed by atoms with Gasteiger partial charge < -0.3 is 10.4 Å². The SMILES string of the molecule is N#CC(C(=O)O)=C(NCCc1ncc(C(F)(F)F)cc1Cl)c1cccnc1Cl. The molecule has 0 radical (unpaired) electrons. The molecule has 0 fully saturated rings. The molecule has 0 aliphatic carbocycles. The van der Waals surface area contributed by atoms with E-state index in [9.17, 15) is 23.1 Å². The maximum atomic E-state index is 12.7. The first-order valence-corrected chi connectivity index (χ1v) is 8.34. The van der Waals surface area contributed by atoms with E-state index in [2.05, 4.69) is 15.3 Å². The van der Waals surface area contributed by atoms with Crippen molar-refractivity contribution in [2.45, 2.75) is 12.6 Å². The van der Waals surface area contributed by atoms with Crippen molar-refractivity contribution in [2.24, 2.45) is 0 Å². The van der Waals surface area contributed by atoms with Crippen LogP contribution in [0.15, 0.2) is 36.2 Å². The highest BCUT2D eigenvalue weighted by molar-refractivity contribution is 6.31. The molecule has 0 aliphatic rings. The summed E-state index contributed by atoms with van der Waals surface area (Å²) >= 11 is 11.8. The Hall–Kier alpha value is -2.83. The van der Waals surface area contributed by atoms with Crippen LogP contribution in [0.4, 0.5) is 13.2 Å². The Bertz CT molecular complexity index is 972. The molecule has 0 aliphatic heterocycles. The molecule has 146 valence electrons. The molecule has 6 nitrogen and oxygen atoms in total. The number of hydrogen-bond acceptors (Lipinski definition) is 5. The van der Waals surface area contributed by atoms with Gasteiger partial charge in [-0.15, -0.1) is 0 Å². The van der Waals surface area contributed by atoms with E-state index in [0.29, 0.717) is 6.20 Å². The molecular weight excluding hydrogens is 420 g/mol. The molecule has 0 saturated carbocycles. The third kappa shape index (κ3) is 5.12. The Morgan fingerprint density at radius 1 is 1.32 bits per heavy atom. The quantitative estimate of drug-likeness (QED) is 0.408. The highest BCUT2D eigenvalue weighted by atomic mass is 35.5. The molecule has 2 aromatic heterocycles. The van der Waals surface area contributed by atoms with Gasteiger partial charge in [-0.1, -0.05) is 23.2 Å². The molecule has 2 heterocycles. The third-order valence-electron chi connectivity index (χ3n) is 3.51. The number of aromatic nitrogens is 2. The summed E-state index contributed by atoms with van der Waals surface area (Å²) in [6.45, 7) is 0.0249. The predicted octanol–water partition coefficient (Wildman–Crippen LogP) is 3.95. The van der Waals surface area contributed by atoms with Gasteiger partial charge in [0.2, 0.25) is 0 Å². The molecule has 2 N–H and O–H groups in total. The van der Waals surface area contributed by atoms with Gasteiger partial charge in [-0.3, -0.25) is 4.98 Å². The summed E-state index contributed by atoms with van der Waals surface area (Å²) < 4.78 is 38.0. The Morgan fingerprint density at radius 3 is 2.57 bits per heavy atom. The van der Waals surface area contributed by atoms with Gasteiger partial charge in [0.15, 0.2) is 5.57 Å².